The van der Waals surface area contributed by atoms with E-state index >= 15 is 0 Å². The zero-order valence-electron chi connectivity index (χ0n) is 12.1. The number of thioether (sulfide) groups is 1. The standard InChI is InChI=1S/C15H23NO3S/c1-3-19-15(17)9-6-13(16)11-20-10-12-4-7-14(18-2)8-5-12/h4-5,7-8,13H,3,6,9-11,16H2,1-2H3/t13-/m1/s1. The lowest BCUT2D eigenvalue weighted by Gasteiger charge is -2.11. The Bertz CT molecular complexity index is 395. The third-order valence-electron chi connectivity index (χ3n) is 2.78. The van der Waals surface area contributed by atoms with Crippen LogP contribution >= 0.6 is 11.8 Å². The molecule has 0 fully saturated rings. The fraction of sp³-hybridized carbons (Fsp3) is 0.533. The van der Waals surface area contributed by atoms with Crippen molar-refractivity contribution in [3.05, 3.63) is 29.8 Å². The smallest absolute Gasteiger partial charge is 0.305 e. The Labute approximate surface area is 125 Å². The zero-order chi connectivity index (χ0) is 14.8. The van der Waals surface area contributed by atoms with Crippen LogP contribution in [-0.4, -0.2) is 31.5 Å². The molecule has 1 atom stereocenters. The van der Waals surface area contributed by atoms with Crippen LogP contribution < -0.4 is 10.5 Å². The van der Waals surface area contributed by atoms with E-state index in [1.165, 1.54) is 5.56 Å². The Morgan fingerprint density at radius 1 is 1.35 bits per heavy atom. The van der Waals surface area contributed by atoms with Gasteiger partial charge in [0.15, 0.2) is 0 Å². The molecule has 5 heteroatoms. The van der Waals surface area contributed by atoms with Gasteiger partial charge >= 0.3 is 5.97 Å². The molecule has 1 aromatic carbocycles. The molecule has 2 N–H and O–H groups in total. The van der Waals surface area contributed by atoms with Crippen LogP contribution in [0.1, 0.15) is 25.3 Å². The number of hydrogen-bond donors (Lipinski definition) is 1. The summed E-state index contributed by atoms with van der Waals surface area (Å²) in [5.41, 5.74) is 7.22. The second kappa shape index (κ2) is 9.66. The van der Waals surface area contributed by atoms with Crippen molar-refractivity contribution < 1.29 is 14.3 Å². The molecule has 0 saturated carbocycles. The first kappa shape index (κ1) is 16.9. The number of methoxy groups -OCH3 is 1. The van der Waals surface area contributed by atoms with E-state index in [-0.39, 0.29) is 12.0 Å². The number of carbonyl (C=O) groups excluding carboxylic acids is 1. The number of ether oxygens (including phenoxy) is 2. The summed E-state index contributed by atoms with van der Waals surface area (Å²) in [6, 6.07) is 8.04. The van der Waals surface area contributed by atoms with Crippen LogP contribution in [0, 0.1) is 0 Å². The van der Waals surface area contributed by atoms with Gasteiger partial charge < -0.3 is 15.2 Å². The molecule has 0 bridgehead atoms. The molecular weight excluding hydrogens is 274 g/mol. The van der Waals surface area contributed by atoms with Gasteiger partial charge in [-0.25, -0.2) is 0 Å². The first-order valence-corrected chi connectivity index (χ1v) is 7.93. The van der Waals surface area contributed by atoms with Gasteiger partial charge in [0.25, 0.3) is 0 Å². The van der Waals surface area contributed by atoms with Gasteiger partial charge in [0.1, 0.15) is 5.75 Å². The SMILES string of the molecule is CCOC(=O)CC[C@@H](N)CSCc1ccc(OC)cc1. The van der Waals surface area contributed by atoms with Crippen molar-refractivity contribution in [1.29, 1.82) is 0 Å². The monoisotopic (exact) mass is 297 g/mol. The average molecular weight is 297 g/mol. The molecule has 0 amide bonds. The highest BCUT2D eigenvalue weighted by Crippen LogP contribution is 2.17. The predicted octanol–water partition coefficient (Wildman–Crippen LogP) is 2.60. The molecule has 1 aromatic rings. The van der Waals surface area contributed by atoms with Gasteiger partial charge in [-0.3, -0.25) is 4.79 Å². The van der Waals surface area contributed by atoms with Crippen LogP contribution in [0.25, 0.3) is 0 Å². The van der Waals surface area contributed by atoms with Gasteiger partial charge in [-0.05, 0) is 31.0 Å². The molecule has 1 rings (SSSR count). The van der Waals surface area contributed by atoms with E-state index in [0.717, 1.165) is 17.3 Å². The Morgan fingerprint density at radius 3 is 2.65 bits per heavy atom. The maximum Gasteiger partial charge on any atom is 0.305 e. The summed E-state index contributed by atoms with van der Waals surface area (Å²) in [5.74, 6) is 2.45. The fourth-order valence-electron chi connectivity index (χ4n) is 1.67. The van der Waals surface area contributed by atoms with Gasteiger partial charge in [-0.1, -0.05) is 12.1 Å². The molecule has 20 heavy (non-hydrogen) atoms. The molecule has 112 valence electrons. The quantitative estimate of drug-likeness (QED) is 0.710. The molecule has 4 nitrogen and oxygen atoms in total. The summed E-state index contributed by atoms with van der Waals surface area (Å²) < 4.78 is 9.99. The normalized spacial score (nSPS) is 11.9. The highest BCUT2D eigenvalue weighted by molar-refractivity contribution is 7.98. The average Bonchev–Trinajstić information content (AvgIpc) is 2.46. The molecule has 0 saturated heterocycles. The topological polar surface area (TPSA) is 61.5 Å². The van der Waals surface area contributed by atoms with E-state index in [9.17, 15) is 4.79 Å². The molecule has 0 aliphatic heterocycles. The highest BCUT2D eigenvalue weighted by atomic mass is 32.2. The lowest BCUT2D eigenvalue weighted by atomic mass is 10.2. The van der Waals surface area contributed by atoms with E-state index in [2.05, 4.69) is 12.1 Å². The Morgan fingerprint density at radius 2 is 2.05 bits per heavy atom. The molecule has 0 aliphatic carbocycles. The number of nitrogens with two attached hydrogens (primary N) is 1. The summed E-state index contributed by atoms with van der Waals surface area (Å²) >= 11 is 1.77. The van der Waals surface area contributed by atoms with Crippen molar-refractivity contribution in [3.63, 3.8) is 0 Å². The van der Waals surface area contributed by atoms with Crippen molar-refractivity contribution >= 4 is 17.7 Å². The maximum absolute atomic E-state index is 11.2. The lowest BCUT2D eigenvalue weighted by Crippen LogP contribution is -2.24. The predicted molar refractivity (Wildman–Crippen MR) is 83.0 cm³/mol. The van der Waals surface area contributed by atoms with Gasteiger partial charge in [0.2, 0.25) is 0 Å². The summed E-state index contributed by atoms with van der Waals surface area (Å²) in [4.78, 5) is 11.2. The molecule has 0 spiro atoms. The van der Waals surface area contributed by atoms with E-state index in [1.54, 1.807) is 18.9 Å². The Kier molecular flexibility index (Phi) is 8.14. The minimum Gasteiger partial charge on any atom is -0.497 e. The molecule has 0 radical (unpaired) electrons. The van der Waals surface area contributed by atoms with Gasteiger partial charge in [0.05, 0.1) is 13.7 Å². The second-order valence-electron chi connectivity index (χ2n) is 4.47. The zero-order valence-corrected chi connectivity index (χ0v) is 12.9. The number of carbonyl (C=O) groups is 1. The Hall–Kier alpha value is -1.20. The number of benzene rings is 1. The largest absolute Gasteiger partial charge is 0.497 e. The second-order valence-corrected chi connectivity index (χ2v) is 5.50. The van der Waals surface area contributed by atoms with E-state index < -0.39 is 0 Å². The summed E-state index contributed by atoms with van der Waals surface area (Å²) in [6.07, 6.45) is 1.08. The molecular formula is C15H23NO3S. The number of esters is 1. The lowest BCUT2D eigenvalue weighted by molar-refractivity contribution is -0.143. The molecule has 0 heterocycles. The van der Waals surface area contributed by atoms with Crippen LogP contribution in [0.2, 0.25) is 0 Å². The minimum absolute atomic E-state index is 0.0302. The van der Waals surface area contributed by atoms with Crippen molar-refractivity contribution in [3.8, 4) is 5.75 Å². The van der Waals surface area contributed by atoms with Crippen LogP contribution in [0.3, 0.4) is 0 Å². The first-order chi connectivity index (χ1) is 9.65. The van der Waals surface area contributed by atoms with Crippen molar-refractivity contribution in [2.75, 3.05) is 19.5 Å². The molecule has 0 unspecified atom stereocenters. The van der Waals surface area contributed by atoms with Gasteiger partial charge in [-0.2, -0.15) is 11.8 Å². The minimum atomic E-state index is -0.164. The van der Waals surface area contributed by atoms with Crippen molar-refractivity contribution in [2.45, 2.75) is 31.6 Å². The fourth-order valence-corrected chi connectivity index (χ4v) is 2.69. The van der Waals surface area contributed by atoms with Crippen molar-refractivity contribution in [2.24, 2.45) is 5.73 Å². The number of rotatable bonds is 9. The Balaban J connectivity index is 2.17. The van der Waals surface area contributed by atoms with Crippen LogP contribution in [0.4, 0.5) is 0 Å². The van der Waals surface area contributed by atoms with Crippen LogP contribution in [-0.2, 0) is 15.3 Å². The van der Waals surface area contributed by atoms with E-state index in [0.29, 0.717) is 19.4 Å². The highest BCUT2D eigenvalue weighted by Gasteiger charge is 2.08. The van der Waals surface area contributed by atoms with E-state index in [1.807, 2.05) is 19.1 Å². The molecule has 0 aromatic heterocycles. The van der Waals surface area contributed by atoms with Gasteiger partial charge in [-0.15, -0.1) is 0 Å². The van der Waals surface area contributed by atoms with E-state index in [4.69, 9.17) is 15.2 Å². The number of hydrogen-bond acceptors (Lipinski definition) is 5. The third kappa shape index (κ3) is 6.82. The maximum atomic E-state index is 11.2. The summed E-state index contributed by atoms with van der Waals surface area (Å²) in [6.45, 7) is 2.24. The first-order valence-electron chi connectivity index (χ1n) is 6.77. The van der Waals surface area contributed by atoms with Crippen LogP contribution in [0.5, 0.6) is 5.75 Å². The van der Waals surface area contributed by atoms with Gasteiger partial charge in [0, 0.05) is 24.0 Å². The molecule has 0 aliphatic rings. The summed E-state index contributed by atoms with van der Waals surface area (Å²) in [7, 11) is 1.66. The summed E-state index contributed by atoms with van der Waals surface area (Å²) in [5, 5.41) is 0. The van der Waals surface area contributed by atoms with Crippen molar-refractivity contribution in [1.82, 2.24) is 0 Å². The third-order valence-corrected chi connectivity index (χ3v) is 3.99. The van der Waals surface area contributed by atoms with Crippen LogP contribution in [0.15, 0.2) is 24.3 Å².